The van der Waals surface area contributed by atoms with E-state index in [-0.39, 0.29) is 28.1 Å². The highest BCUT2D eigenvalue weighted by Crippen LogP contribution is 2.26. The summed E-state index contributed by atoms with van der Waals surface area (Å²) < 4.78 is 79.7. The lowest BCUT2D eigenvalue weighted by Gasteiger charge is -2.15. The number of hydrogen-bond donors (Lipinski definition) is 1. The largest absolute Gasteiger partial charge is 0.416 e. The van der Waals surface area contributed by atoms with Gasteiger partial charge in [-0.3, -0.25) is 9.36 Å². The topological polar surface area (TPSA) is 121 Å². The first-order valence-electron chi connectivity index (χ1n) is 11.5. The molecule has 18 heteroatoms. The van der Waals surface area contributed by atoms with Crippen LogP contribution in [0.1, 0.15) is 29.3 Å². The molecule has 4 rings (SSSR count). The fourth-order valence-corrected chi connectivity index (χ4v) is 3.93. The van der Waals surface area contributed by atoms with Crippen molar-refractivity contribution in [3.63, 3.8) is 0 Å². The van der Waals surface area contributed by atoms with Crippen LogP contribution in [0.25, 0.3) is 17.1 Å². The lowest BCUT2D eigenvalue weighted by molar-refractivity contribution is -0.207. The quantitative estimate of drug-likeness (QED) is 0.166. The Morgan fingerprint density at radius 1 is 1.02 bits per heavy atom. The fourth-order valence-electron chi connectivity index (χ4n) is 3.60. The summed E-state index contributed by atoms with van der Waals surface area (Å²) in [5.74, 6) is -2.15. The van der Waals surface area contributed by atoms with Gasteiger partial charge in [-0.05, 0) is 36.4 Å². The van der Waals surface area contributed by atoms with Gasteiger partial charge in [0.15, 0.2) is 28.7 Å². The zero-order chi connectivity index (χ0) is 30.1. The smallest absolute Gasteiger partial charge is 0.382 e. The van der Waals surface area contributed by atoms with E-state index in [1.165, 1.54) is 42.6 Å². The second-order valence-corrected chi connectivity index (χ2v) is 9.35. The number of rotatable bonds is 9. The molecule has 0 saturated carbocycles. The van der Waals surface area contributed by atoms with Crippen molar-refractivity contribution >= 4 is 29.0 Å². The molecular formula is C23H17Cl2F6N7O3. The van der Waals surface area contributed by atoms with Crippen LogP contribution in [0, 0.1) is 0 Å². The lowest BCUT2D eigenvalue weighted by atomic mass is 10.2. The van der Waals surface area contributed by atoms with Crippen LogP contribution in [0.4, 0.5) is 26.3 Å². The number of alkyl halides is 6. The van der Waals surface area contributed by atoms with E-state index in [4.69, 9.17) is 23.2 Å². The molecule has 0 aliphatic rings. The first kappa shape index (κ1) is 30.2. The van der Waals surface area contributed by atoms with Gasteiger partial charge in [-0.1, -0.05) is 23.2 Å². The van der Waals surface area contributed by atoms with E-state index in [2.05, 4.69) is 20.2 Å². The predicted octanol–water partition coefficient (Wildman–Crippen LogP) is 4.49. The minimum absolute atomic E-state index is 0.00342. The molecule has 0 radical (unpaired) electrons. The van der Waals surface area contributed by atoms with Gasteiger partial charge in [0.05, 0.1) is 13.0 Å². The van der Waals surface area contributed by atoms with Gasteiger partial charge >= 0.3 is 18.0 Å². The average Bonchev–Trinajstić information content (AvgIpc) is 3.44. The third kappa shape index (κ3) is 7.12. The van der Waals surface area contributed by atoms with Gasteiger partial charge in [0, 0.05) is 23.2 Å². The van der Waals surface area contributed by atoms with Crippen molar-refractivity contribution < 1.29 is 36.2 Å². The molecule has 0 bridgehead atoms. The molecule has 1 aromatic carbocycles. The van der Waals surface area contributed by atoms with Crippen LogP contribution in [-0.4, -0.2) is 63.4 Å². The van der Waals surface area contributed by atoms with E-state index in [0.29, 0.717) is 14.3 Å². The number of benzene rings is 1. The van der Waals surface area contributed by atoms with Crippen molar-refractivity contribution in [3.05, 3.63) is 74.9 Å². The van der Waals surface area contributed by atoms with Crippen LogP contribution < -0.4 is 5.69 Å². The fraction of sp³-hybridized carbons (Fsp3) is 0.304. The van der Waals surface area contributed by atoms with Crippen LogP contribution in [0.15, 0.2) is 47.4 Å². The van der Waals surface area contributed by atoms with Crippen LogP contribution in [0.3, 0.4) is 0 Å². The third-order valence-electron chi connectivity index (χ3n) is 5.55. The minimum Gasteiger partial charge on any atom is -0.382 e. The first-order chi connectivity index (χ1) is 19.1. The molecule has 218 valence electrons. The first-order valence-corrected chi connectivity index (χ1v) is 12.2. The number of halogens is 8. The van der Waals surface area contributed by atoms with Gasteiger partial charge in [0.2, 0.25) is 5.78 Å². The SMILES string of the molecule is O=C(CCC(F)(F)F)c1nc(Cn2nc(-c3ccc(Cl)cc3)n(C[C@H](O)C(F)(F)F)c2=O)nn1-c1cccnc1Cl. The highest BCUT2D eigenvalue weighted by Gasteiger charge is 2.39. The standard InChI is InChI=1S/C23H17Cl2F6N7O3/c24-13-5-3-12(4-6-13)19-35-37(21(41)36(19)10-16(40)23(29,30)31)11-17-33-20(15(39)7-8-22(26,27)28)38(34-17)14-2-1-9-32-18(14)25/h1-6,9,16,40H,7-8,10-11H2/t16-/m0/s1. The summed E-state index contributed by atoms with van der Waals surface area (Å²) >= 11 is 12.0. The number of nitrogens with zero attached hydrogens (tertiary/aromatic N) is 7. The van der Waals surface area contributed by atoms with Gasteiger partial charge in [-0.25, -0.2) is 24.1 Å². The Bertz CT molecular complexity index is 1610. The molecule has 41 heavy (non-hydrogen) atoms. The number of pyridine rings is 1. The minimum atomic E-state index is -5.05. The Morgan fingerprint density at radius 3 is 2.32 bits per heavy atom. The van der Waals surface area contributed by atoms with Gasteiger partial charge in [0.1, 0.15) is 12.2 Å². The van der Waals surface area contributed by atoms with E-state index in [9.17, 15) is 41.0 Å². The van der Waals surface area contributed by atoms with Crippen LogP contribution in [0.5, 0.6) is 0 Å². The number of Topliss-reactive ketones (excluding diaryl/α,β-unsaturated/α-hetero) is 1. The van der Waals surface area contributed by atoms with Crippen molar-refractivity contribution in [1.82, 2.24) is 34.1 Å². The molecule has 0 fully saturated rings. The number of carbonyl (C=O) groups is 1. The van der Waals surface area contributed by atoms with Crippen molar-refractivity contribution in [2.24, 2.45) is 0 Å². The van der Waals surface area contributed by atoms with E-state index in [1.54, 1.807) is 0 Å². The van der Waals surface area contributed by atoms with E-state index in [1.807, 2.05) is 0 Å². The molecule has 3 heterocycles. The summed E-state index contributed by atoms with van der Waals surface area (Å²) in [6.45, 7) is -1.81. The monoisotopic (exact) mass is 623 g/mol. The molecular weight excluding hydrogens is 607 g/mol. The maximum absolute atomic E-state index is 13.1. The molecule has 0 spiro atoms. The average molecular weight is 624 g/mol. The molecule has 0 unspecified atom stereocenters. The lowest BCUT2D eigenvalue weighted by Crippen LogP contribution is -2.37. The van der Waals surface area contributed by atoms with Crippen LogP contribution in [-0.2, 0) is 13.1 Å². The molecule has 10 nitrogen and oxygen atoms in total. The van der Waals surface area contributed by atoms with Crippen molar-refractivity contribution in [2.45, 2.75) is 44.4 Å². The summed E-state index contributed by atoms with van der Waals surface area (Å²) in [5, 5.41) is 17.9. The molecule has 1 atom stereocenters. The highest BCUT2D eigenvalue weighted by molar-refractivity contribution is 6.31. The number of aromatic nitrogens is 7. The Balaban J connectivity index is 1.77. The predicted molar refractivity (Wildman–Crippen MR) is 132 cm³/mol. The molecule has 1 N–H and O–H groups in total. The second kappa shape index (κ2) is 11.6. The Labute approximate surface area is 235 Å². The number of aliphatic hydroxyl groups excluding tert-OH is 1. The summed E-state index contributed by atoms with van der Waals surface area (Å²) in [6, 6.07) is 8.38. The highest BCUT2D eigenvalue weighted by atomic mass is 35.5. The molecule has 0 saturated heterocycles. The molecule has 0 aliphatic heterocycles. The maximum atomic E-state index is 13.1. The van der Waals surface area contributed by atoms with Crippen molar-refractivity contribution in [3.8, 4) is 17.1 Å². The van der Waals surface area contributed by atoms with Crippen LogP contribution >= 0.6 is 23.2 Å². The summed E-state index contributed by atoms with van der Waals surface area (Å²) in [6.07, 6.45) is -13.7. The van der Waals surface area contributed by atoms with Gasteiger partial charge in [0.25, 0.3) is 0 Å². The number of carbonyl (C=O) groups excluding carboxylic acids is 1. The number of hydrogen-bond acceptors (Lipinski definition) is 7. The molecule has 3 aromatic heterocycles. The summed E-state index contributed by atoms with van der Waals surface area (Å²) in [7, 11) is 0. The Kier molecular flexibility index (Phi) is 8.56. The molecule has 0 amide bonds. The summed E-state index contributed by atoms with van der Waals surface area (Å²) in [4.78, 5) is 33.6. The summed E-state index contributed by atoms with van der Waals surface area (Å²) in [5.41, 5.74) is -0.918. The van der Waals surface area contributed by atoms with Gasteiger partial charge in [-0.15, -0.1) is 10.2 Å². The van der Waals surface area contributed by atoms with Crippen LogP contribution in [0.2, 0.25) is 10.2 Å². The Morgan fingerprint density at radius 2 is 1.71 bits per heavy atom. The Hall–Kier alpha value is -3.76. The van der Waals surface area contributed by atoms with Gasteiger partial charge in [-0.2, -0.15) is 26.3 Å². The van der Waals surface area contributed by atoms with E-state index in [0.717, 1.165) is 4.68 Å². The zero-order valence-electron chi connectivity index (χ0n) is 20.4. The second-order valence-electron chi connectivity index (χ2n) is 8.55. The maximum Gasteiger partial charge on any atom is 0.416 e. The van der Waals surface area contributed by atoms with E-state index >= 15 is 0 Å². The van der Waals surface area contributed by atoms with E-state index < -0.39 is 61.7 Å². The third-order valence-corrected chi connectivity index (χ3v) is 6.10. The van der Waals surface area contributed by atoms with Gasteiger partial charge < -0.3 is 5.11 Å². The zero-order valence-corrected chi connectivity index (χ0v) is 21.9. The van der Waals surface area contributed by atoms with Crippen molar-refractivity contribution in [1.29, 1.82) is 0 Å². The molecule has 0 aliphatic carbocycles. The van der Waals surface area contributed by atoms with Crippen molar-refractivity contribution in [2.75, 3.05) is 0 Å². The number of ketones is 1. The molecule has 4 aromatic rings. The number of aliphatic hydroxyl groups is 1. The normalized spacial score (nSPS) is 13.0.